The van der Waals surface area contributed by atoms with E-state index in [1.165, 1.54) is 5.56 Å². The zero-order chi connectivity index (χ0) is 15.4. The highest BCUT2D eigenvalue weighted by Crippen LogP contribution is 2.28. The van der Waals surface area contributed by atoms with E-state index in [0.717, 1.165) is 38.0 Å². The first kappa shape index (κ1) is 17.5. The molecule has 3 rings (SSSR count). The Bertz CT molecular complexity index is 636. The summed E-state index contributed by atoms with van der Waals surface area (Å²) in [6, 6.07) is 9.90. The maximum atomic E-state index is 13.0. The van der Waals surface area contributed by atoms with E-state index < -0.39 is 5.54 Å². The second-order valence-electron chi connectivity index (χ2n) is 5.74. The smallest absolute Gasteiger partial charge is 0.252 e. The molecule has 0 saturated carbocycles. The van der Waals surface area contributed by atoms with Crippen LogP contribution in [0.1, 0.15) is 25.3 Å². The highest BCUT2D eigenvalue weighted by molar-refractivity contribution is 5.96. The van der Waals surface area contributed by atoms with Crippen LogP contribution in [-0.2, 0) is 16.8 Å². The molecule has 0 radical (unpaired) electrons. The second-order valence-corrected chi connectivity index (χ2v) is 5.74. The van der Waals surface area contributed by atoms with E-state index in [4.69, 9.17) is 0 Å². The summed E-state index contributed by atoms with van der Waals surface area (Å²) in [6.45, 7) is 3.75. The minimum Gasteiger partial charge on any atom is -0.324 e. The number of hydrogen-bond donors (Lipinski definition) is 2. The predicted molar refractivity (Wildman–Crippen MR) is 94.0 cm³/mol. The number of benzene rings is 1. The van der Waals surface area contributed by atoms with E-state index in [1.54, 1.807) is 6.20 Å². The molecule has 1 saturated heterocycles. The number of aromatic nitrogens is 2. The number of anilines is 1. The third-order valence-corrected chi connectivity index (χ3v) is 4.39. The summed E-state index contributed by atoms with van der Waals surface area (Å²) < 4.78 is 1.81. The average molecular weight is 335 g/mol. The quantitative estimate of drug-likeness (QED) is 0.903. The lowest BCUT2D eigenvalue weighted by molar-refractivity contribution is -0.126. The molecule has 23 heavy (non-hydrogen) atoms. The largest absolute Gasteiger partial charge is 0.324 e. The Labute approximate surface area is 142 Å². The first-order valence-corrected chi connectivity index (χ1v) is 7.86. The monoisotopic (exact) mass is 334 g/mol. The van der Waals surface area contributed by atoms with Gasteiger partial charge in [-0.1, -0.05) is 19.1 Å². The molecule has 1 amide bonds. The first-order valence-electron chi connectivity index (χ1n) is 7.86. The van der Waals surface area contributed by atoms with Crippen molar-refractivity contribution in [2.75, 3.05) is 18.4 Å². The van der Waals surface area contributed by atoms with Crippen molar-refractivity contribution < 1.29 is 4.79 Å². The van der Waals surface area contributed by atoms with Gasteiger partial charge < -0.3 is 10.6 Å². The summed E-state index contributed by atoms with van der Waals surface area (Å²) in [6.07, 6.45) is 6.06. The van der Waals surface area contributed by atoms with Gasteiger partial charge in [-0.05, 0) is 56.1 Å². The van der Waals surface area contributed by atoms with Crippen LogP contribution in [0.5, 0.6) is 0 Å². The molecule has 6 heteroatoms. The van der Waals surface area contributed by atoms with Crippen molar-refractivity contribution >= 4 is 24.0 Å². The molecule has 0 unspecified atom stereocenters. The molecular formula is C17H23ClN4O. The van der Waals surface area contributed by atoms with Crippen molar-refractivity contribution in [2.24, 2.45) is 0 Å². The third kappa shape index (κ3) is 3.57. The molecule has 0 aliphatic carbocycles. The summed E-state index contributed by atoms with van der Waals surface area (Å²) in [5.41, 5.74) is 1.47. The summed E-state index contributed by atoms with van der Waals surface area (Å²) in [5.74, 6) is 0.0194. The van der Waals surface area contributed by atoms with Gasteiger partial charge >= 0.3 is 0 Å². The van der Waals surface area contributed by atoms with Crippen LogP contribution in [0.3, 0.4) is 0 Å². The number of rotatable bonds is 4. The molecule has 2 heterocycles. The predicted octanol–water partition coefficient (Wildman–Crippen LogP) is 2.58. The zero-order valence-electron chi connectivity index (χ0n) is 13.3. The molecule has 0 bridgehead atoms. The SMILES string of the molecule is CCc1cccc(NC(=O)C2(n3cccn3)CCNCC2)c1.Cl. The Morgan fingerprint density at radius 1 is 1.35 bits per heavy atom. The van der Waals surface area contributed by atoms with E-state index in [2.05, 4.69) is 28.7 Å². The van der Waals surface area contributed by atoms with Crippen molar-refractivity contribution in [3.8, 4) is 0 Å². The normalized spacial score (nSPS) is 16.4. The Hall–Kier alpha value is -1.85. The van der Waals surface area contributed by atoms with Gasteiger partial charge in [0.15, 0.2) is 0 Å². The summed E-state index contributed by atoms with van der Waals surface area (Å²) in [5, 5.41) is 10.7. The van der Waals surface area contributed by atoms with Gasteiger partial charge in [0.25, 0.3) is 5.91 Å². The molecule has 2 N–H and O–H groups in total. The molecule has 2 aromatic rings. The fraction of sp³-hybridized carbons (Fsp3) is 0.412. The van der Waals surface area contributed by atoms with Gasteiger partial charge in [0.1, 0.15) is 5.54 Å². The maximum absolute atomic E-state index is 13.0. The molecule has 124 valence electrons. The number of carbonyl (C=O) groups is 1. The summed E-state index contributed by atoms with van der Waals surface area (Å²) in [4.78, 5) is 13.0. The number of nitrogens with zero attached hydrogens (tertiary/aromatic N) is 2. The fourth-order valence-corrected chi connectivity index (χ4v) is 3.04. The summed E-state index contributed by atoms with van der Waals surface area (Å²) >= 11 is 0. The van der Waals surface area contributed by atoms with E-state index in [0.29, 0.717) is 0 Å². The number of hydrogen-bond acceptors (Lipinski definition) is 3. The van der Waals surface area contributed by atoms with Crippen molar-refractivity contribution in [3.05, 3.63) is 48.3 Å². The zero-order valence-corrected chi connectivity index (χ0v) is 14.1. The van der Waals surface area contributed by atoms with Gasteiger partial charge in [-0.2, -0.15) is 5.10 Å². The lowest BCUT2D eigenvalue weighted by Gasteiger charge is -2.36. The number of amides is 1. The van der Waals surface area contributed by atoms with Crippen LogP contribution >= 0.6 is 12.4 Å². The topological polar surface area (TPSA) is 59.0 Å². The van der Waals surface area contributed by atoms with Crippen molar-refractivity contribution in [1.29, 1.82) is 0 Å². The van der Waals surface area contributed by atoms with Gasteiger partial charge in [-0.25, -0.2) is 0 Å². The van der Waals surface area contributed by atoms with Crippen molar-refractivity contribution in [1.82, 2.24) is 15.1 Å². The summed E-state index contributed by atoms with van der Waals surface area (Å²) in [7, 11) is 0. The third-order valence-electron chi connectivity index (χ3n) is 4.39. The van der Waals surface area contributed by atoms with E-state index in [1.807, 2.05) is 35.1 Å². The molecular weight excluding hydrogens is 312 g/mol. The molecule has 1 aliphatic rings. The molecule has 1 aliphatic heterocycles. The Morgan fingerprint density at radius 2 is 2.13 bits per heavy atom. The van der Waals surface area contributed by atoms with Gasteiger partial charge in [0.05, 0.1) is 0 Å². The molecule has 1 aromatic carbocycles. The molecule has 1 aromatic heterocycles. The molecule has 1 fully saturated rings. The van der Waals surface area contributed by atoms with E-state index in [9.17, 15) is 4.79 Å². The highest BCUT2D eigenvalue weighted by atomic mass is 35.5. The van der Waals surface area contributed by atoms with E-state index in [-0.39, 0.29) is 18.3 Å². The number of carbonyl (C=O) groups excluding carboxylic acids is 1. The number of aryl methyl sites for hydroxylation is 1. The highest BCUT2D eigenvalue weighted by Gasteiger charge is 2.41. The Morgan fingerprint density at radius 3 is 2.78 bits per heavy atom. The van der Waals surface area contributed by atoms with Crippen LogP contribution in [0.15, 0.2) is 42.7 Å². The van der Waals surface area contributed by atoms with Crippen LogP contribution in [0.2, 0.25) is 0 Å². The number of halogens is 1. The number of nitrogens with one attached hydrogen (secondary N) is 2. The lowest BCUT2D eigenvalue weighted by Crippen LogP contribution is -2.52. The van der Waals surface area contributed by atoms with E-state index >= 15 is 0 Å². The first-order chi connectivity index (χ1) is 10.7. The second kappa shape index (κ2) is 7.62. The van der Waals surface area contributed by atoms with Gasteiger partial charge in [0.2, 0.25) is 0 Å². The fourth-order valence-electron chi connectivity index (χ4n) is 3.04. The van der Waals surface area contributed by atoms with Gasteiger partial charge in [-0.15, -0.1) is 12.4 Å². The van der Waals surface area contributed by atoms with Crippen molar-refractivity contribution in [3.63, 3.8) is 0 Å². The van der Waals surface area contributed by atoms with Crippen LogP contribution < -0.4 is 10.6 Å². The molecule has 0 spiro atoms. The molecule has 5 nitrogen and oxygen atoms in total. The standard InChI is InChI=1S/C17H22N4O.ClH/c1-2-14-5-3-6-15(13-14)20-16(22)17(7-10-18-11-8-17)21-12-4-9-19-21;/h3-6,9,12-13,18H,2,7-8,10-11H2,1H3,(H,20,22);1H. The minimum atomic E-state index is -0.600. The van der Waals surface area contributed by atoms with Gasteiger partial charge in [-0.3, -0.25) is 9.48 Å². The van der Waals surface area contributed by atoms with Crippen LogP contribution in [0.25, 0.3) is 0 Å². The van der Waals surface area contributed by atoms with Crippen LogP contribution in [-0.4, -0.2) is 28.8 Å². The molecule has 0 atom stereocenters. The minimum absolute atomic E-state index is 0. The van der Waals surface area contributed by atoms with Gasteiger partial charge in [0, 0.05) is 18.1 Å². The Kier molecular flexibility index (Phi) is 5.80. The van der Waals surface area contributed by atoms with Crippen LogP contribution in [0.4, 0.5) is 5.69 Å². The lowest BCUT2D eigenvalue weighted by atomic mass is 9.87. The number of piperidine rings is 1. The Balaban J connectivity index is 0.00000192. The average Bonchev–Trinajstić information content (AvgIpc) is 3.10. The van der Waals surface area contributed by atoms with Crippen LogP contribution in [0, 0.1) is 0 Å². The van der Waals surface area contributed by atoms with Crippen molar-refractivity contribution in [2.45, 2.75) is 31.7 Å². The maximum Gasteiger partial charge on any atom is 0.252 e.